The van der Waals surface area contributed by atoms with Gasteiger partial charge in [-0.15, -0.1) is 0 Å². The molecule has 11 heteroatoms. The topological polar surface area (TPSA) is 109 Å². The van der Waals surface area contributed by atoms with Crippen LogP contribution in [0.2, 0.25) is 0 Å². The Morgan fingerprint density at radius 1 is 1.07 bits per heavy atom. The number of fused-ring (bicyclic) bond motifs is 1. The number of alkyl carbamates (subject to hydrolysis) is 1. The van der Waals surface area contributed by atoms with Gasteiger partial charge in [0.05, 0.1) is 23.3 Å². The predicted octanol–water partition coefficient (Wildman–Crippen LogP) is 6.01. The van der Waals surface area contributed by atoms with Gasteiger partial charge in [0.2, 0.25) is 0 Å². The van der Waals surface area contributed by atoms with E-state index in [1.165, 1.54) is 25.4 Å². The number of aromatic nitrogens is 2. The van der Waals surface area contributed by atoms with Gasteiger partial charge in [0, 0.05) is 18.9 Å². The molecule has 4 aromatic rings. The number of ether oxygens (including phenoxy) is 3. The summed E-state index contributed by atoms with van der Waals surface area (Å²) < 4.78 is 46.2. The van der Waals surface area contributed by atoms with Crippen LogP contribution in [0.1, 0.15) is 37.5 Å². The number of halogens is 1. The minimum absolute atomic E-state index is 0.0282. The zero-order chi connectivity index (χ0) is 30.6. The highest BCUT2D eigenvalue weighted by molar-refractivity contribution is 7.83. The smallest absolute Gasteiger partial charge is 0.407 e. The number of rotatable bonds is 9. The summed E-state index contributed by atoms with van der Waals surface area (Å²) >= 11 is 0. The Balaban J connectivity index is 1.53. The van der Waals surface area contributed by atoms with Crippen molar-refractivity contribution in [2.24, 2.45) is 5.92 Å². The molecule has 2 heterocycles. The molecule has 0 bridgehead atoms. The Kier molecular flexibility index (Phi) is 9.30. The largest absolute Gasteiger partial charge is 0.469 e. The highest BCUT2D eigenvalue weighted by Crippen LogP contribution is 2.34. The molecular weight excluding hydrogens is 561 g/mol. The zero-order valence-corrected chi connectivity index (χ0v) is 25.2. The first-order chi connectivity index (χ1) is 19.9. The molecule has 4 rings (SSSR count). The molecule has 2 unspecified atom stereocenters. The van der Waals surface area contributed by atoms with Gasteiger partial charge in [0.1, 0.15) is 11.4 Å². The van der Waals surface area contributed by atoms with Crippen LogP contribution in [0, 0.1) is 25.6 Å². The summed E-state index contributed by atoms with van der Waals surface area (Å²) in [5.41, 5.74) is 2.09. The third kappa shape index (κ3) is 7.33. The summed E-state index contributed by atoms with van der Waals surface area (Å²) in [6.45, 7) is 8.96. The molecule has 2 aromatic heterocycles. The third-order valence-electron chi connectivity index (χ3n) is 6.33. The molecule has 2 atom stereocenters. The van der Waals surface area contributed by atoms with Crippen LogP contribution >= 0.6 is 0 Å². The van der Waals surface area contributed by atoms with Crippen molar-refractivity contribution in [2.75, 3.05) is 13.7 Å². The standard InChI is InChI=1S/C31H34FN3O6S/c1-19-7-10-23(11-8-19)42(38)35-18-20(2)27-26(13-14-33-28(27)35)40-25-12-9-21(16-24(25)32)15-22(29(36)39-6)17-34-30(37)41-31(3,4)5/h7-14,16,18,22H,15,17H2,1-6H3,(H,34,37). The third-order valence-corrected chi connectivity index (χ3v) is 7.64. The van der Waals surface area contributed by atoms with Crippen molar-refractivity contribution in [1.82, 2.24) is 14.3 Å². The number of hydrogen-bond acceptors (Lipinski definition) is 7. The second-order valence-corrected chi connectivity index (χ2v) is 12.2. The molecule has 0 saturated carbocycles. The van der Waals surface area contributed by atoms with Crippen LogP contribution in [-0.2, 0) is 31.7 Å². The van der Waals surface area contributed by atoms with Gasteiger partial charge >= 0.3 is 12.1 Å². The van der Waals surface area contributed by atoms with E-state index in [0.717, 1.165) is 11.1 Å². The SMILES string of the molecule is COC(=O)C(CNC(=O)OC(C)(C)C)Cc1ccc(Oc2ccnc3c2c(C)cn3S(=O)c2ccc(C)cc2)c(F)c1. The van der Waals surface area contributed by atoms with E-state index in [1.54, 1.807) is 43.1 Å². The molecule has 42 heavy (non-hydrogen) atoms. The van der Waals surface area contributed by atoms with E-state index in [-0.39, 0.29) is 18.7 Å². The van der Waals surface area contributed by atoms with Gasteiger partial charge in [-0.3, -0.25) is 4.79 Å². The van der Waals surface area contributed by atoms with E-state index in [2.05, 4.69) is 10.3 Å². The second kappa shape index (κ2) is 12.7. The number of pyridine rings is 1. The normalized spacial score (nSPS) is 12.9. The Bertz CT molecular complexity index is 1630. The number of esters is 1. The molecule has 0 aliphatic rings. The number of hydrogen-bond donors (Lipinski definition) is 1. The number of amides is 1. The first-order valence-corrected chi connectivity index (χ1v) is 14.4. The van der Waals surface area contributed by atoms with Crippen molar-refractivity contribution >= 4 is 34.1 Å². The summed E-state index contributed by atoms with van der Waals surface area (Å²) in [5.74, 6) is -1.61. The molecule has 0 saturated heterocycles. The average Bonchev–Trinajstić information content (AvgIpc) is 3.28. The highest BCUT2D eigenvalue weighted by atomic mass is 32.2. The van der Waals surface area contributed by atoms with Crippen LogP contribution in [0.5, 0.6) is 11.5 Å². The zero-order valence-electron chi connectivity index (χ0n) is 24.4. The number of methoxy groups -OCH3 is 1. The van der Waals surface area contributed by atoms with E-state index in [0.29, 0.717) is 27.2 Å². The molecule has 1 amide bonds. The van der Waals surface area contributed by atoms with Crippen molar-refractivity contribution in [3.8, 4) is 11.5 Å². The van der Waals surface area contributed by atoms with Crippen LogP contribution in [0.4, 0.5) is 9.18 Å². The fourth-order valence-electron chi connectivity index (χ4n) is 4.34. The lowest BCUT2D eigenvalue weighted by Gasteiger charge is -2.21. The molecule has 0 radical (unpaired) electrons. The van der Waals surface area contributed by atoms with Crippen molar-refractivity contribution in [2.45, 2.75) is 51.5 Å². The fourth-order valence-corrected chi connectivity index (χ4v) is 5.48. The van der Waals surface area contributed by atoms with Gasteiger partial charge in [-0.2, -0.15) is 0 Å². The van der Waals surface area contributed by atoms with Crippen LogP contribution < -0.4 is 10.1 Å². The first-order valence-electron chi connectivity index (χ1n) is 13.3. The van der Waals surface area contributed by atoms with Crippen LogP contribution in [-0.4, -0.2) is 44.5 Å². The van der Waals surface area contributed by atoms with E-state index >= 15 is 4.39 Å². The Labute approximate surface area is 246 Å². The van der Waals surface area contributed by atoms with Gasteiger partial charge in [-0.05, 0) is 82.5 Å². The Morgan fingerprint density at radius 3 is 2.43 bits per heavy atom. The van der Waals surface area contributed by atoms with Gasteiger partial charge in [-0.1, -0.05) is 23.8 Å². The number of carbonyl (C=O) groups is 2. The number of benzene rings is 2. The summed E-state index contributed by atoms with van der Waals surface area (Å²) in [6, 6.07) is 13.4. The summed E-state index contributed by atoms with van der Waals surface area (Å²) in [5, 5.41) is 3.18. The highest BCUT2D eigenvalue weighted by Gasteiger charge is 2.24. The monoisotopic (exact) mass is 595 g/mol. The lowest BCUT2D eigenvalue weighted by Crippen LogP contribution is -2.38. The summed E-state index contributed by atoms with van der Waals surface area (Å²) in [4.78, 5) is 29.5. The maximum absolute atomic E-state index is 15.3. The summed E-state index contributed by atoms with van der Waals surface area (Å²) in [7, 11) is -0.288. The lowest BCUT2D eigenvalue weighted by atomic mass is 9.99. The first kappa shape index (κ1) is 30.7. The Morgan fingerprint density at radius 2 is 1.79 bits per heavy atom. The van der Waals surface area contributed by atoms with E-state index < -0.39 is 40.4 Å². The quantitative estimate of drug-likeness (QED) is 0.236. The van der Waals surface area contributed by atoms with Gasteiger partial charge < -0.3 is 19.5 Å². The maximum atomic E-state index is 15.3. The molecule has 222 valence electrons. The Hall–Kier alpha value is -4.25. The molecule has 2 aromatic carbocycles. The second-order valence-electron chi connectivity index (χ2n) is 10.9. The van der Waals surface area contributed by atoms with Crippen molar-refractivity contribution in [3.05, 3.63) is 83.4 Å². The molecular formula is C31H34FN3O6S. The summed E-state index contributed by atoms with van der Waals surface area (Å²) in [6.07, 6.45) is 2.71. The number of nitrogens with zero attached hydrogens (tertiary/aromatic N) is 2. The van der Waals surface area contributed by atoms with Gasteiger partial charge in [0.25, 0.3) is 0 Å². The number of aryl methyl sites for hydroxylation is 2. The molecule has 0 aliphatic heterocycles. The van der Waals surface area contributed by atoms with Crippen molar-refractivity contribution in [3.63, 3.8) is 0 Å². The van der Waals surface area contributed by atoms with Crippen LogP contribution in [0.15, 0.2) is 65.8 Å². The van der Waals surface area contributed by atoms with Crippen LogP contribution in [0.3, 0.4) is 0 Å². The van der Waals surface area contributed by atoms with Gasteiger partial charge in [0.15, 0.2) is 28.2 Å². The van der Waals surface area contributed by atoms with E-state index in [4.69, 9.17) is 14.2 Å². The minimum atomic E-state index is -1.54. The molecule has 0 aliphatic carbocycles. The van der Waals surface area contributed by atoms with Crippen LogP contribution in [0.25, 0.3) is 11.0 Å². The van der Waals surface area contributed by atoms with Crippen molar-refractivity contribution in [1.29, 1.82) is 0 Å². The predicted molar refractivity (Wildman–Crippen MR) is 157 cm³/mol. The van der Waals surface area contributed by atoms with E-state index in [9.17, 15) is 13.8 Å². The average molecular weight is 596 g/mol. The molecule has 9 nitrogen and oxygen atoms in total. The lowest BCUT2D eigenvalue weighted by molar-refractivity contribution is -0.145. The van der Waals surface area contributed by atoms with Crippen molar-refractivity contribution < 1.29 is 32.4 Å². The minimum Gasteiger partial charge on any atom is -0.469 e. The maximum Gasteiger partial charge on any atom is 0.407 e. The van der Waals surface area contributed by atoms with E-state index in [1.807, 2.05) is 38.1 Å². The number of nitrogens with one attached hydrogen (secondary N) is 1. The molecule has 0 spiro atoms. The molecule has 1 N–H and O–H groups in total. The fraction of sp³-hybridized carbons (Fsp3) is 0.323. The van der Waals surface area contributed by atoms with Gasteiger partial charge in [-0.25, -0.2) is 22.4 Å². The number of carbonyl (C=O) groups excluding carboxylic acids is 2. The molecule has 0 fully saturated rings.